The van der Waals surface area contributed by atoms with Crippen LogP contribution in [0.3, 0.4) is 0 Å². The second-order valence-electron chi connectivity index (χ2n) is 5.78. The van der Waals surface area contributed by atoms with E-state index in [1.54, 1.807) is 4.68 Å². The molecular weight excluding hydrogens is 374 g/mol. The Bertz CT molecular complexity index is 945. The first kappa shape index (κ1) is 19.0. The van der Waals surface area contributed by atoms with E-state index in [4.69, 9.17) is 0 Å². The number of carbonyl (C=O) groups is 1. The fourth-order valence-corrected chi connectivity index (χ4v) is 3.28. The summed E-state index contributed by atoms with van der Waals surface area (Å²) in [7, 11) is 0. The quantitative estimate of drug-likeness (QED) is 0.451. The minimum Gasteiger partial charge on any atom is -0.435 e. The van der Waals surface area contributed by atoms with Gasteiger partial charge >= 0.3 is 6.61 Å². The lowest BCUT2D eigenvalue weighted by Gasteiger charge is -2.08. The molecule has 0 atom stereocenters. The van der Waals surface area contributed by atoms with Gasteiger partial charge in [-0.25, -0.2) is 0 Å². The SMILES string of the molecule is Cc1ccc(-n2nnnc2SCC(=O)c2ccc(OC(F)F)cc2)c(C)c1. The van der Waals surface area contributed by atoms with Crippen LogP contribution in [0.2, 0.25) is 0 Å². The van der Waals surface area contributed by atoms with E-state index in [0.29, 0.717) is 10.7 Å². The van der Waals surface area contributed by atoms with Gasteiger partial charge in [0.15, 0.2) is 5.78 Å². The fraction of sp³-hybridized carbons (Fsp3) is 0.222. The van der Waals surface area contributed by atoms with Crippen molar-refractivity contribution in [3.8, 4) is 11.4 Å². The summed E-state index contributed by atoms with van der Waals surface area (Å²) in [6.45, 7) is 1.07. The number of tetrazole rings is 1. The maximum absolute atomic E-state index is 12.3. The number of thioether (sulfide) groups is 1. The van der Waals surface area contributed by atoms with Crippen LogP contribution in [0.4, 0.5) is 8.78 Å². The Morgan fingerprint density at radius 3 is 2.59 bits per heavy atom. The van der Waals surface area contributed by atoms with Crippen LogP contribution in [0.1, 0.15) is 21.5 Å². The van der Waals surface area contributed by atoms with E-state index in [9.17, 15) is 13.6 Å². The Balaban J connectivity index is 1.69. The van der Waals surface area contributed by atoms with Gasteiger partial charge < -0.3 is 4.74 Å². The number of nitrogens with zero attached hydrogens (tertiary/aromatic N) is 4. The van der Waals surface area contributed by atoms with E-state index in [2.05, 4.69) is 20.3 Å². The standard InChI is InChI=1S/C18H16F2N4O2S/c1-11-3-8-15(12(2)9-11)24-18(21-22-23-24)27-10-16(25)13-4-6-14(7-5-13)26-17(19)20/h3-9,17H,10H2,1-2H3. The Morgan fingerprint density at radius 1 is 1.19 bits per heavy atom. The minimum atomic E-state index is -2.90. The first-order chi connectivity index (χ1) is 12.9. The number of benzene rings is 2. The zero-order chi connectivity index (χ0) is 19.4. The maximum atomic E-state index is 12.3. The van der Waals surface area contributed by atoms with Crippen molar-refractivity contribution in [2.75, 3.05) is 5.75 Å². The number of ether oxygens (including phenoxy) is 1. The second-order valence-corrected chi connectivity index (χ2v) is 6.72. The van der Waals surface area contributed by atoms with Crippen LogP contribution >= 0.6 is 11.8 Å². The lowest BCUT2D eigenvalue weighted by molar-refractivity contribution is -0.0498. The molecule has 27 heavy (non-hydrogen) atoms. The Labute approximate surface area is 158 Å². The van der Waals surface area contributed by atoms with Gasteiger partial charge in [-0.3, -0.25) is 4.79 Å². The number of hydrogen-bond donors (Lipinski definition) is 0. The van der Waals surface area contributed by atoms with E-state index in [0.717, 1.165) is 16.8 Å². The number of carbonyl (C=O) groups excluding carboxylic acids is 1. The molecule has 0 saturated carbocycles. The van der Waals surface area contributed by atoms with Crippen LogP contribution in [0, 0.1) is 13.8 Å². The van der Waals surface area contributed by atoms with Crippen molar-refractivity contribution in [1.82, 2.24) is 20.2 Å². The third-order valence-electron chi connectivity index (χ3n) is 3.76. The van der Waals surface area contributed by atoms with Crippen molar-refractivity contribution in [2.45, 2.75) is 25.6 Å². The number of alkyl halides is 2. The summed E-state index contributed by atoms with van der Waals surface area (Å²) in [5, 5.41) is 12.2. The average Bonchev–Trinajstić information content (AvgIpc) is 3.08. The number of rotatable bonds is 7. The van der Waals surface area contributed by atoms with Crippen LogP contribution in [0.15, 0.2) is 47.6 Å². The number of halogens is 2. The maximum Gasteiger partial charge on any atom is 0.387 e. The van der Waals surface area contributed by atoms with Crippen molar-refractivity contribution in [1.29, 1.82) is 0 Å². The predicted molar refractivity (Wildman–Crippen MR) is 96.8 cm³/mol. The van der Waals surface area contributed by atoms with E-state index in [1.165, 1.54) is 36.0 Å². The molecule has 0 N–H and O–H groups in total. The third kappa shape index (κ3) is 4.68. The molecule has 6 nitrogen and oxygen atoms in total. The molecule has 1 aromatic heterocycles. The molecule has 0 unspecified atom stereocenters. The molecule has 3 rings (SSSR count). The molecule has 0 aliphatic heterocycles. The summed E-state index contributed by atoms with van der Waals surface area (Å²) in [4.78, 5) is 12.3. The minimum absolute atomic E-state index is 0.00740. The van der Waals surface area contributed by atoms with Crippen LogP contribution in [0.5, 0.6) is 5.75 Å². The van der Waals surface area contributed by atoms with E-state index in [1.807, 2.05) is 32.0 Å². The highest BCUT2D eigenvalue weighted by atomic mass is 32.2. The van der Waals surface area contributed by atoms with Gasteiger partial charge in [0.1, 0.15) is 5.75 Å². The van der Waals surface area contributed by atoms with Crippen molar-refractivity contribution in [3.63, 3.8) is 0 Å². The normalized spacial score (nSPS) is 11.0. The van der Waals surface area contributed by atoms with Gasteiger partial charge in [0.05, 0.1) is 11.4 Å². The molecule has 3 aromatic rings. The Morgan fingerprint density at radius 2 is 1.93 bits per heavy atom. The van der Waals surface area contributed by atoms with Gasteiger partial charge in [-0.05, 0) is 60.2 Å². The highest BCUT2D eigenvalue weighted by Gasteiger charge is 2.14. The lowest BCUT2D eigenvalue weighted by Crippen LogP contribution is -2.06. The molecule has 9 heteroatoms. The summed E-state index contributed by atoms with van der Waals surface area (Å²) < 4.78 is 30.2. The summed E-state index contributed by atoms with van der Waals surface area (Å²) in [5.74, 6) is -0.0490. The van der Waals surface area contributed by atoms with E-state index >= 15 is 0 Å². The van der Waals surface area contributed by atoms with Gasteiger partial charge in [0.2, 0.25) is 5.16 Å². The van der Waals surface area contributed by atoms with Crippen molar-refractivity contribution < 1.29 is 18.3 Å². The summed E-state index contributed by atoms with van der Waals surface area (Å²) in [5.41, 5.74) is 3.39. The number of aromatic nitrogens is 4. The summed E-state index contributed by atoms with van der Waals surface area (Å²) in [6.07, 6.45) is 0. The van der Waals surface area contributed by atoms with Crippen molar-refractivity contribution in [3.05, 3.63) is 59.2 Å². The molecule has 0 bridgehead atoms. The number of aryl methyl sites for hydroxylation is 2. The average molecular weight is 390 g/mol. The molecule has 140 valence electrons. The Hall–Kier alpha value is -2.81. The highest BCUT2D eigenvalue weighted by molar-refractivity contribution is 7.99. The molecule has 0 aliphatic carbocycles. The fourth-order valence-electron chi connectivity index (χ4n) is 2.50. The second kappa shape index (κ2) is 8.26. The Kier molecular flexibility index (Phi) is 5.80. The molecule has 0 saturated heterocycles. The first-order valence-corrected chi connectivity index (χ1v) is 8.99. The summed E-state index contributed by atoms with van der Waals surface area (Å²) in [6, 6.07) is 11.5. The molecule has 1 heterocycles. The molecule has 0 spiro atoms. The van der Waals surface area contributed by atoms with Gasteiger partial charge in [-0.15, -0.1) is 5.10 Å². The molecular formula is C18H16F2N4O2S. The lowest BCUT2D eigenvalue weighted by atomic mass is 10.1. The number of ketones is 1. The van der Waals surface area contributed by atoms with Gasteiger partial charge in [-0.2, -0.15) is 13.5 Å². The summed E-state index contributed by atoms with van der Waals surface area (Å²) >= 11 is 1.21. The molecule has 2 aromatic carbocycles. The predicted octanol–water partition coefficient (Wildman–Crippen LogP) is 3.86. The molecule has 0 aliphatic rings. The van der Waals surface area contributed by atoms with Crippen LogP contribution in [-0.2, 0) is 0 Å². The van der Waals surface area contributed by atoms with Gasteiger partial charge in [0.25, 0.3) is 0 Å². The number of Topliss-reactive ketones (excluding diaryl/α,β-unsaturated/α-hetero) is 1. The monoisotopic (exact) mass is 390 g/mol. The van der Waals surface area contributed by atoms with Crippen molar-refractivity contribution in [2.24, 2.45) is 0 Å². The van der Waals surface area contributed by atoms with Crippen LogP contribution in [0.25, 0.3) is 5.69 Å². The smallest absolute Gasteiger partial charge is 0.387 e. The largest absolute Gasteiger partial charge is 0.435 e. The zero-order valence-corrected chi connectivity index (χ0v) is 15.4. The topological polar surface area (TPSA) is 69.9 Å². The van der Waals surface area contributed by atoms with E-state index in [-0.39, 0.29) is 17.3 Å². The van der Waals surface area contributed by atoms with Gasteiger partial charge in [-0.1, -0.05) is 29.5 Å². The molecule has 0 amide bonds. The number of hydrogen-bond acceptors (Lipinski definition) is 6. The van der Waals surface area contributed by atoms with Crippen LogP contribution in [-0.4, -0.2) is 38.4 Å². The molecule has 0 fully saturated rings. The highest BCUT2D eigenvalue weighted by Crippen LogP contribution is 2.23. The zero-order valence-electron chi connectivity index (χ0n) is 14.6. The van der Waals surface area contributed by atoms with Crippen molar-refractivity contribution >= 4 is 17.5 Å². The van der Waals surface area contributed by atoms with Crippen LogP contribution < -0.4 is 4.74 Å². The van der Waals surface area contributed by atoms with E-state index < -0.39 is 6.61 Å². The van der Waals surface area contributed by atoms with Gasteiger partial charge in [0, 0.05) is 5.56 Å². The first-order valence-electron chi connectivity index (χ1n) is 8.01. The molecule has 0 radical (unpaired) electrons. The third-order valence-corrected chi connectivity index (χ3v) is 4.67.